The van der Waals surface area contributed by atoms with Gasteiger partial charge < -0.3 is 9.64 Å². The van der Waals surface area contributed by atoms with Crippen LogP contribution in [0.1, 0.15) is 48.0 Å². The number of hydrogen-bond donors (Lipinski definition) is 0. The fourth-order valence-corrected chi connectivity index (χ4v) is 4.56. The normalized spacial score (nSPS) is 23.9. The van der Waals surface area contributed by atoms with Crippen molar-refractivity contribution in [3.63, 3.8) is 0 Å². The Bertz CT molecular complexity index is 840. The number of ether oxygens (including phenoxy) is 1. The highest BCUT2D eigenvalue weighted by Crippen LogP contribution is 2.38. The minimum Gasteiger partial charge on any atom is -0.445 e. The fraction of sp³-hybridized carbons (Fsp3) is 0.391. The summed E-state index contributed by atoms with van der Waals surface area (Å²) in [5, 5.41) is 0. The van der Waals surface area contributed by atoms with Crippen molar-refractivity contribution in [2.45, 2.75) is 50.8 Å². The molecule has 4 rings (SSSR count). The zero-order valence-electron chi connectivity index (χ0n) is 15.7. The van der Waals surface area contributed by atoms with Crippen LogP contribution in [0.25, 0.3) is 0 Å². The fourth-order valence-electron chi connectivity index (χ4n) is 4.56. The monoisotopic (exact) mass is 381 g/mol. The second kappa shape index (κ2) is 8.13. The molecule has 0 spiro atoms. The number of ketones is 1. The third-order valence-electron chi connectivity index (χ3n) is 5.87. The Hall–Kier alpha value is -2.69. The first-order valence-electron chi connectivity index (χ1n) is 9.90. The largest absolute Gasteiger partial charge is 0.445 e. The van der Waals surface area contributed by atoms with E-state index in [0.29, 0.717) is 18.4 Å². The summed E-state index contributed by atoms with van der Waals surface area (Å²) in [6, 6.07) is 15.5. The first kappa shape index (κ1) is 18.7. The second-order valence-corrected chi connectivity index (χ2v) is 7.73. The smallest absolute Gasteiger partial charge is 0.410 e. The van der Waals surface area contributed by atoms with Crippen LogP contribution in [0, 0.1) is 11.7 Å². The summed E-state index contributed by atoms with van der Waals surface area (Å²) in [5.74, 6) is -0.586. The van der Waals surface area contributed by atoms with E-state index in [-0.39, 0.29) is 36.5 Å². The summed E-state index contributed by atoms with van der Waals surface area (Å²) >= 11 is 0. The van der Waals surface area contributed by atoms with Crippen molar-refractivity contribution in [1.29, 1.82) is 0 Å². The molecule has 146 valence electrons. The van der Waals surface area contributed by atoms with Gasteiger partial charge >= 0.3 is 6.09 Å². The minimum absolute atomic E-state index is 0.0123. The summed E-state index contributed by atoms with van der Waals surface area (Å²) < 4.78 is 19.0. The minimum atomic E-state index is -0.395. The van der Waals surface area contributed by atoms with Gasteiger partial charge in [-0.3, -0.25) is 4.79 Å². The van der Waals surface area contributed by atoms with Crippen LogP contribution in [0.5, 0.6) is 0 Å². The predicted molar refractivity (Wildman–Crippen MR) is 103 cm³/mol. The Kier molecular flexibility index (Phi) is 5.42. The number of piperidine rings is 2. The summed E-state index contributed by atoms with van der Waals surface area (Å²) in [5.41, 5.74) is 1.38. The molecule has 2 aliphatic heterocycles. The lowest BCUT2D eigenvalue weighted by atomic mass is 9.76. The Morgan fingerprint density at radius 2 is 1.71 bits per heavy atom. The highest BCUT2D eigenvalue weighted by molar-refractivity contribution is 5.98. The maximum atomic E-state index is 13.5. The van der Waals surface area contributed by atoms with E-state index < -0.39 is 5.82 Å². The Balaban J connectivity index is 1.43. The lowest BCUT2D eigenvalue weighted by molar-refractivity contribution is 0.00472. The van der Waals surface area contributed by atoms with Crippen LogP contribution in [-0.2, 0) is 11.3 Å². The van der Waals surface area contributed by atoms with Crippen LogP contribution in [-0.4, -0.2) is 28.9 Å². The van der Waals surface area contributed by atoms with E-state index in [9.17, 15) is 14.0 Å². The van der Waals surface area contributed by atoms with Crippen molar-refractivity contribution in [2.24, 2.45) is 5.92 Å². The molecule has 0 aliphatic carbocycles. The molecule has 0 saturated carbocycles. The molecule has 2 aliphatic rings. The van der Waals surface area contributed by atoms with Gasteiger partial charge in [0.2, 0.25) is 0 Å². The molecule has 28 heavy (non-hydrogen) atoms. The van der Waals surface area contributed by atoms with Gasteiger partial charge in [-0.2, -0.15) is 0 Å². The number of nitrogens with zero attached hydrogens (tertiary/aromatic N) is 1. The standard InChI is InChI=1S/C23H24FNO3/c24-19-9-4-8-17(12-19)22(26)18-13-20-10-5-11-21(14-18)25(20)23(27)28-15-16-6-2-1-3-7-16/h1-4,6-9,12,18,20-21H,5,10-11,13-15H2. The number of Topliss-reactive ketones (excluding diaryl/α,β-unsaturated/α-hetero) is 1. The zero-order valence-corrected chi connectivity index (χ0v) is 15.7. The zero-order chi connectivity index (χ0) is 19.5. The van der Waals surface area contributed by atoms with Crippen LogP contribution in [0.15, 0.2) is 54.6 Å². The molecule has 2 aromatic rings. The van der Waals surface area contributed by atoms with Crippen LogP contribution in [0.4, 0.5) is 9.18 Å². The van der Waals surface area contributed by atoms with Gasteiger partial charge in [0.25, 0.3) is 0 Å². The van der Waals surface area contributed by atoms with Gasteiger partial charge in [-0.05, 0) is 49.8 Å². The van der Waals surface area contributed by atoms with Crippen LogP contribution in [0.3, 0.4) is 0 Å². The molecular formula is C23H24FNO3. The average Bonchev–Trinajstić information content (AvgIpc) is 2.71. The number of benzene rings is 2. The highest BCUT2D eigenvalue weighted by Gasteiger charge is 2.43. The SMILES string of the molecule is O=C(c1cccc(F)c1)C1CC2CCCC(C1)N2C(=O)OCc1ccccc1. The van der Waals surface area contributed by atoms with Crippen molar-refractivity contribution < 1.29 is 18.7 Å². The van der Waals surface area contributed by atoms with Crippen molar-refractivity contribution >= 4 is 11.9 Å². The van der Waals surface area contributed by atoms with Gasteiger partial charge in [0.05, 0.1) is 0 Å². The molecule has 0 aromatic heterocycles. The van der Waals surface area contributed by atoms with Gasteiger partial charge in [-0.25, -0.2) is 9.18 Å². The number of carbonyl (C=O) groups is 2. The third kappa shape index (κ3) is 3.93. The van der Waals surface area contributed by atoms with E-state index in [1.54, 1.807) is 12.1 Å². The molecule has 2 atom stereocenters. The van der Waals surface area contributed by atoms with Gasteiger partial charge in [0, 0.05) is 23.6 Å². The number of fused-ring (bicyclic) bond motifs is 2. The molecule has 4 nitrogen and oxygen atoms in total. The van der Waals surface area contributed by atoms with Crippen molar-refractivity contribution in [3.05, 3.63) is 71.5 Å². The topological polar surface area (TPSA) is 46.6 Å². The van der Waals surface area contributed by atoms with E-state index in [2.05, 4.69) is 0 Å². The van der Waals surface area contributed by atoms with Crippen LogP contribution in [0.2, 0.25) is 0 Å². The first-order chi connectivity index (χ1) is 13.6. The lowest BCUT2D eigenvalue weighted by Gasteiger charge is -2.47. The van der Waals surface area contributed by atoms with E-state index in [1.807, 2.05) is 35.2 Å². The number of halogens is 1. The maximum Gasteiger partial charge on any atom is 0.410 e. The van der Waals surface area contributed by atoms with Gasteiger partial charge in [-0.15, -0.1) is 0 Å². The predicted octanol–water partition coefficient (Wildman–Crippen LogP) is 4.98. The number of hydrogen-bond acceptors (Lipinski definition) is 3. The van der Waals surface area contributed by atoms with Crippen molar-refractivity contribution in [1.82, 2.24) is 4.90 Å². The molecule has 2 aromatic carbocycles. The molecule has 2 fully saturated rings. The summed E-state index contributed by atoms with van der Waals surface area (Å²) in [6.45, 7) is 0.251. The molecule has 2 saturated heterocycles. The lowest BCUT2D eigenvalue weighted by Crippen LogP contribution is -2.55. The molecule has 5 heteroatoms. The molecule has 2 heterocycles. The average molecular weight is 381 g/mol. The molecule has 2 bridgehead atoms. The number of carbonyl (C=O) groups excluding carboxylic acids is 2. The molecule has 0 radical (unpaired) electrons. The molecule has 1 amide bonds. The van der Waals surface area contributed by atoms with Crippen LogP contribution >= 0.6 is 0 Å². The van der Waals surface area contributed by atoms with Crippen LogP contribution < -0.4 is 0 Å². The molecular weight excluding hydrogens is 357 g/mol. The van der Waals surface area contributed by atoms with E-state index >= 15 is 0 Å². The second-order valence-electron chi connectivity index (χ2n) is 7.73. The first-order valence-corrected chi connectivity index (χ1v) is 9.90. The van der Waals surface area contributed by atoms with Gasteiger partial charge in [-0.1, -0.05) is 42.5 Å². The van der Waals surface area contributed by atoms with Gasteiger partial charge in [0.15, 0.2) is 5.78 Å². The molecule has 0 N–H and O–H groups in total. The Labute approximate surface area is 164 Å². The highest BCUT2D eigenvalue weighted by atomic mass is 19.1. The van der Waals surface area contributed by atoms with Crippen molar-refractivity contribution in [3.8, 4) is 0 Å². The summed E-state index contributed by atoms with van der Waals surface area (Å²) in [7, 11) is 0. The van der Waals surface area contributed by atoms with E-state index in [1.165, 1.54) is 12.1 Å². The summed E-state index contributed by atoms with van der Waals surface area (Å²) in [4.78, 5) is 27.5. The number of rotatable bonds is 4. The van der Waals surface area contributed by atoms with E-state index in [4.69, 9.17) is 4.74 Å². The molecule has 2 unspecified atom stereocenters. The third-order valence-corrected chi connectivity index (χ3v) is 5.87. The number of amides is 1. The van der Waals surface area contributed by atoms with Crippen molar-refractivity contribution in [2.75, 3.05) is 0 Å². The van der Waals surface area contributed by atoms with Gasteiger partial charge in [0.1, 0.15) is 12.4 Å². The summed E-state index contributed by atoms with van der Waals surface area (Å²) in [6.07, 6.45) is 3.75. The van der Waals surface area contributed by atoms with E-state index in [0.717, 1.165) is 24.8 Å². The maximum absolute atomic E-state index is 13.5. The Morgan fingerprint density at radius 3 is 2.39 bits per heavy atom. The quantitative estimate of drug-likeness (QED) is 0.702. The Morgan fingerprint density at radius 1 is 1.00 bits per heavy atom.